The third-order valence-electron chi connectivity index (χ3n) is 4.24. The highest BCUT2D eigenvalue weighted by Gasteiger charge is 2.29. The van der Waals surface area contributed by atoms with E-state index in [0.29, 0.717) is 13.1 Å². The largest absolute Gasteiger partial charge is 0.468 e. The maximum absolute atomic E-state index is 13.0. The SMILES string of the molecule is CCCCN(CCCC)C(=O)C(/C=C(\C)c1ccccc1)C(=O)OC. The Morgan fingerprint density at radius 2 is 1.64 bits per heavy atom. The topological polar surface area (TPSA) is 46.6 Å². The van der Waals surface area contributed by atoms with E-state index in [1.54, 1.807) is 6.08 Å². The van der Waals surface area contributed by atoms with Crippen LogP contribution in [0.25, 0.3) is 5.57 Å². The molecule has 4 heteroatoms. The minimum absolute atomic E-state index is 0.163. The van der Waals surface area contributed by atoms with Gasteiger partial charge in [0.15, 0.2) is 5.92 Å². The summed E-state index contributed by atoms with van der Waals surface area (Å²) in [6, 6.07) is 9.76. The van der Waals surface area contributed by atoms with Crippen molar-refractivity contribution in [3.8, 4) is 0 Å². The Bertz CT molecular complexity index is 558. The van der Waals surface area contributed by atoms with Crippen LogP contribution >= 0.6 is 0 Å². The first-order valence-corrected chi connectivity index (χ1v) is 9.15. The molecular weight excluding hydrogens is 314 g/mol. The van der Waals surface area contributed by atoms with E-state index < -0.39 is 11.9 Å². The smallest absolute Gasteiger partial charge is 0.322 e. The van der Waals surface area contributed by atoms with Crippen LogP contribution in [-0.2, 0) is 14.3 Å². The molecule has 0 N–H and O–H groups in total. The minimum Gasteiger partial charge on any atom is -0.468 e. The van der Waals surface area contributed by atoms with Gasteiger partial charge in [0.2, 0.25) is 5.91 Å². The van der Waals surface area contributed by atoms with Gasteiger partial charge in [0, 0.05) is 13.1 Å². The highest BCUT2D eigenvalue weighted by atomic mass is 16.5. The third-order valence-corrected chi connectivity index (χ3v) is 4.24. The van der Waals surface area contributed by atoms with Crippen LogP contribution < -0.4 is 0 Å². The highest BCUT2D eigenvalue weighted by molar-refractivity contribution is 6.01. The Morgan fingerprint density at radius 3 is 2.12 bits per heavy atom. The normalized spacial score (nSPS) is 12.6. The summed E-state index contributed by atoms with van der Waals surface area (Å²) in [5, 5.41) is 0. The summed E-state index contributed by atoms with van der Waals surface area (Å²) in [6.07, 6.45) is 5.62. The molecule has 25 heavy (non-hydrogen) atoms. The molecule has 0 aliphatic heterocycles. The molecule has 1 rings (SSSR count). The first-order chi connectivity index (χ1) is 12.0. The molecule has 1 amide bonds. The number of rotatable bonds is 10. The van der Waals surface area contributed by atoms with E-state index in [1.165, 1.54) is 7.11 Å². The number of hydrogen-bond donors (Lipinski definition) is 0. The van der Waals surface area contributed by atoms with E-state index in [4.69, 9.17) is 4.74 Å². The van der Waals surface area contributed by atoms with Crippen molar-refractivity contribution in [1.82, 2.24) is 4.90 Å². The molecule has 138 valence electrons. The Balaban J connectivity index is 3.06. The third kappa shape index (κ3) is 6.73. The van der Waals surface area contributed by atoms with Crippen molar-refractivity contribution in [2.24, 2.45) is 5.92 Å². The second-order valence-electron chi connectivity index (χ2n) is 6.25. The molecule has 0 aliphatic carbocycles. The predicted molar refractivity (Wildman–Crippen MR) is 102 cm³/mol. The summed E-state index contributed by atoms with van der Waals surface area (Å²) in [7, 11) is 1.33. The molecule has 0 saturated carbocycles. The van der Waals surface area contributed by atoms with Crippen molar-refractivity contribution in [2.75, 3.05) is 20.2 Å². The second-order valence-corrected chi connectivity index (χ2v) is 6.25. The molecular formula is C21H31NO3. The summed E-state index contributed by atoms with van der Waals surface area (Å²) in [5.41, 5.74) is 1.90. The van der Waals surface area contributed by atoms with Gasteiger partial charge in [0.1, 0.15) is 0 Å². The first kappa shape index (κ1) is 20.9. The molecule has 0 spiro atoms. The van der Waals surface area contributed by atoms with Gasteiger partial charge in [-0.3, -0.25) is 9.59 Å². The Labute approximate surface area is 151 Å². The average molecular weight is 345 g/mol. The Morgan fingerprint density at radius 1 is 1.08 bits per heavy atom. The van der Waals surface area contributed by atoms with Crippen molar-refractivity contribution in [3.05, 3.63) is 42.0 Å². The second kappa shape index (κ2) is 11.5. The molecule has 1 aromatic rings. The fraction of sp³-hybridized carbons (Fsp3) is 0.524. The molecule has 0 aliphatic rings. The van der Waals surface area contributed by atoms with E-state index >= 15 is 0 Å². The maximum Gasteiger partial charge on any atom is 0.322 e. The molecule has 1 unspecified atom stereocenters. The fourth-order valence-electron chi connectivity index (χ4n) is 2.64. The number of hydrogen-bond acceptors (Lipinski definition) is 3. The number of ether oxygens (including phenoxy) is 1. The first-order valence-electron chi connectivity index (χ1n) is 9.15. The van der Waals surface area contributed by atoms with Crippen molar-refractivity contribution in [3.63, 3.8) is 0 Å². The number of unbranched alkanes of at least 4 members (excludes halogenated alkanes) is 2. The van der Waals surface area contributed by atoms with Gasteiger partial charge < -0.3 is 9.64 Å². The van der Waals surface area contributed by atoms with Crippen molar-refractivity contribution in [1.29, 1.82) is 0 Å². The molecule has 0 heterocycles. The molecule has 0 radical (unpaired) electrons. The van der Waals surface area contributed by atoms with Crippen LogP contribution in [-0.4, -0.2) is 37.0 Å². The van der Waals surface area contributed by atoms with Gasteiger partial charge in [0.05, 0.1) is 7.11 Å². The summed E-state index contributed by atoms with van der Waals surface area (Å²) in [6.45, 7) is 7.47. The van der Waals surface area contributed by atoms with Crippen LogP contribution in [0.4, 0.5) is 0 Å². The number of nitrogens with zero attached hydrogens (tertiary/aromatic N) is 1. The van der Waals surface area contributed by atoms with Crippen LogP contribution in [0.15, 0.2) is 36.4 Å². The molecule has 0 fully saturated rings. The number of carbonyl (C=O) groups excluding carboxylic acids is 2. The molecule has 1 atom stereocenters. The van der Waals surface area contributed by atoms with Crippen LogP contribution in [0.1, 0.15) is 52.0 Å². The van der Waals surface area contributed by atoms with Gasteiger partial charge >= 0.3 is 5.97 Å². The van der Waals surface area contributed by atoms with Crippen molar-refractivity contribution < 1.29 is 14.3 Å². The number of methoxy groups -OCH3 is 1. The fourth-order valence-corrected chi connectivity index (χ4v) is 2.64. The molecule has 0 saturated heterocycles. The Kier molecular flexibility index (Phi) is 9.60. The van der Waals surface area contributed by atoms with E-state index in [0.717, 1.165) is 36.8 Å². The lowest BCUT2D eigenvalue weighted by Crippen LogP contribution is -2.40. The maximum atomic E-state index is 13.0. The van der Waals surface area contributed by atoms with Crippen molar-refractivity contribution >= 4 is 17.4 Å². The van der Waals surface area contributed by atoms with Crippen LogP contribution in [0, 0.1) is 5.92 Å². The van der Waals surface area contributed by atoms with Gasteiger partial charge in [-0.25, -0.2) is 0 Å². The lowest BCUT2D eigenvalue weighted by molar-refractivity contribution is -0.151. The number of esters is 1. The van der Waals surface area contributed by atoms with Crippen molar-refractivity contribution in [2.45, 2.75) is 46.5 Å². The standard InChI is InChI=1S/C21H31NO3/c1-5-7-14-22(15-8-6-2)20(23)19(21(24)25-4)16-17(3)18-12-10-9-11-13-18/h9-13,16,19H,5-8,14-15H2,1-4H3/b17-16+. The van der Waals surface area contributed by atoms with Gasteiger partial charge in [-0.15, -0.1) is 0 Å². The van der Waals surface area contributed by atoms with Gasteiger partial charge in [-0.05, 0) is 30.9 Å². The van der Waals surface area contributed by atoms with Gasteiger partial charge in [-0.2, -0.15) is 0 Å². The minimum atomic E-state index is -0.890. The van der Waals surface area contributed by atoms with E-state index in [2.05, 4.69) is 13.8 Å². The lowest BCUT2D eigenvalue weighted by atomic mass is 9.99. The predicted octanol–water partition coefficient (Wildman–Crippen LogP) is 4.31. The van der Waals surface area contributed by atoms with Gasteiger partial charge in [-0.1, -0.05) is 63.1 Å². The van der Waals surface area contributed by atoms with Crippen LogP contribution in [0.5, 0.6) is 0 Å². The zero-order valence-corrected chi connectivity index (χ0v) is 16.0. The number of benzene rings is 1. The molecule has 1 aromatic carbocycles. The number of carbonyl (C=O) groups is 2. The molecule has 4 nitrogen and oxygen atoms in total. The van der Waals surface area contributed by atoms with Gasteiger partial charge in [0.25, 0.3) is 0 Å². The quantitative estimate of drug-likeness (QED) is 0.469. The monoisotopic (exact) mass is 345 g/mol. The number of amides is 1. The molecule has 0 aromatic heterocycles. The summed E-state index contributed by atoms with van der Waals surface area (Å²) >= 11 is 0. The zero-order chi connectivity index (χ0) is 18.7. The average Bonchev–Trinajstić information content (AvgIpc) is 2.65. The highest BCUT2D eigenvalue weighted by Crippen LogP contribution is 2.19. The summed E-state index contributed by atoms with van der Waals surface area (Å²) < 4.78 is 4.90. The van der Waals surface area contributed by atoms with Crippen LogP contribution in [0.2, 0.25) is 0 Å². The van der Waals surface area contributed by atoms with E-state index in [-0.39, 0.29) is 5.91 Å². The lowest BCUT2D eigenvalue weighted by Gasteiger charge is -2.25. The molecule has 0 bridgehead atoms. The Hall–Kier alpha value is -2.10. The zero-order valence-electron chi connectivity index (χ0n) is 16.0. The number of allylic oxidation sites excluding steroid dienone is 1. The summed E-state index contributed by atoms with van der Waals surface area (Å²) in [4.78, 5) is 27.1. The summed E-state index contributed by atoms with van der Waals surface area (Å²) in [5.74, 6) is -1.55. The van der Waals surface area contributed by atoms with E-state index in [1.807, 2.05) is 42.2 Å². The van der Waals surface area contributed by atoms with E-state index in [9.17, 15) is 9.59 Å². The van der Waals surface area contributed by atoms with Crippen LogP contribution in [0.3, 0.4) is 0 Å².